The monoisotopic (exact) mass is 729 g/mol. The number of esters is 2. The van der Waals surface area contributed by atoms with Crippen LogP contribution in [0.15, 0.2) is 11.6 Å². The van der Waals surface area contributed by atoms with Gasteiger partial charge in [-0.05, 0) is 118 Å². The lowest BCUT2D eigenvalue weighted by Gasteiger charge is -2.58. The van der Waals surface area contributed by atoms with Gasteiger partial charge in [0.05, 0.1) is 19.6 Å². The summed E-state index contributed by atoms with van der Waals surface area (Å²) < 4.78 is 15.9. The van der Waals surface area contributed by atoms with E-state index in [0.29, 0.717) is 18.4 Å². The number of carbonyl (C=O) groups is 4. The van der Waals surface area contributed by atoms with E-state index in [-0.39, 0.29) is 62.7 Å². The van der Waals surface area contributed by atoms with Crippen LogP contribution in [0, 0.1) is 46.3 Å². The van der Waals surface area contributed by atoms with Gasteiger partial charge >= 0.3 is 18.0 Å². The maximum absolute atomic E-state index is 12.8. The van der Waals surface area contributed by atoms with Gasteiger partial charge in [0.2, 0.25) is 5.91 Å². The zero-order chi connectivity index (χ0) is 37.9. The summed E-state index contributed by atoms with van der Waals surface area (Å²) in [5.41, 5.74) is 2.25. The van der Waals surface area contributed by atoms with Gasteiger partial charge in [0.25, 0.3) is 0 Å². The van der Waals surface area contributed by atoms with Crippen LogP contribution in [0.1, 0.15) is 151 Å². The van der Waals surface area contributed by atoms with Gasteiger partial charge in [0.15, 0.2) is 0 Å². The minimum absolute atomic E-state index is 0.0300. The average Bonchev–Trinajstić information content (AvgIpc) is 3.45. The number of unbranched alkanes of at least 4 members (excludes halogenated alkanes) is 2. The summed E-state index contributed by atoms with van der Waals surface area (Å²) in [7, 11) is 0. The molecule has 0 spiro atoms. The highest BCUT2D eigenvalue weighted by molar-refractivity contribution is 5.82. The van der Waals surface area contributed by atoms with Gasteiger partial charge in [-0.2, -0.15) is 0 Å². The first-order valence-corrected chi connectivity index (χ1v) is 21.0. The van der Waals surface area contributed by atoms with E-state index in [1.165, 1.54) is 61.8 Å². The van der Waals surface area contributed by atoms with E-state index in [2.05, 4.69) is 46.0 Å². The van der Waals surface area contributed by atoms with Crippen LogP contribution in [0.3, 0.4) is 0 Å². The predicted molar refractivity (Wildman–Crippen MR) is 204 cm³/mol. The highest BCUT2D eigenvalue weighted by Crippen LogP contribution is 2.67. The molecule has 0 aromatic rings. The largest absolute Gasteiger partial charge is 0.466 e. The van der Waals surface area contributed by atoms with Crippen LogP contribution in [0.2, 0.25) is 0 Å². The first-order chi connectivity index (χ1) is 24.8. The summed E-state index contributed by atoms with van der Waals surface area (Å²) in [6.07, 6.45) is 18.2. The first-order valence-electron chi connectivity index (χ1n) is 21.0. The second kappa shape index (κ2) is 19.7. The molecule has 0 radical (unpaired) electrons. The number of nitrogens with one attached hydrogen (secondary N) is 1. The number of hydrogen-bond acceptors (Lipinski definition) is 7. The Bertz CT molecular complexity index is 1230. The Morgan fingerprint density at radius 3 is 2.35 bits per heavy atom. The summed E-state index contributed by atoms with van der Waals surface area (Å²) in [5.74, 6) is 3.79. The summed E-state index contributed by atoms with van der Waals surface area (Å²) >= 11 is 0. The van der Waals surface area contributed by atoms with E-state index in [9.17, 15) is 19.2 Å². The number of hydrogen-bond donors (Lipinski definition) is 1. The van der Waals surface area contributed by atoms with Crippen molar-refractivity contribution in [3.05, 3.63) is 11.6 Å². The van der Waals surface area contributed by atoms with Gasteiger partial charge in [-0.3, -0.25) is 14.4 Å². The second-order valence-corrected chi connectivity index (χ2v) is 17.5. The summed E-state index contributed by atoms with van der Waals surface area (Å²) in [6, 6.07) is 0. The Labute approximate surface area is 315 Å². The number of carbonyl (C=O) groups excluding carboxylic acids is 4. The van der Waals surface area contributed by atoms with Crippen LogP contribution < -0.4 is 5.32 Å². The van der Waals surface area contributed by atoms with Gasteiger partial charge in [0, 0.05) is 25.9 Å². The lowest BCUT2D eigenvalue weighted by molar-refractivity contribution is -0.150. The molecule has 4 aliphatic rings. The SMILES string of the molecule is CCOC(=O)CCN(CC(=O)OCC)C(=O)CCCCCNC(=O)O[C@H]1CC[C@@]2(C)C(=CCC3C4CC[C@H](C(C)CCCC(C)C)C4(C)CCC32)C1. The molecule has 8 atom stereocenters. The molecule has 5 unspecified atom stereocenters. The van der Waals surface area contributed by atoms with Crippen molar-refractivity contribution in [3.8, 4) is 0 Å². The van der Waals surface area contributed by atoms with Crippen LogP contribution in [-0.4, -0.2) is 67.8 Å². The van der Waals surface area contributed by atoms with Gasteiger partial charge in [-0.15, -0.1) is 0 Å². The third-order valence-electron chi connectivity index (χ3n) is 13.7. The van der Waals surface area contributed by atoms with Gasteiger partial charge < -0.3 is 24.4 Å². The van der Waals surface area contributed by atoms with E-state index in [4.69, 9.17) is 14.2 Å². The molecular formula is C43H72N2O7. The molecular weight excluding hydrogens is 656 g/mol. The Hall–Kier alpha value is -2.58. The van der Waals surface area contributed by atoms with E-state index < -0.39 is 11.9 Å². The molecule has 0 aromatic heterocycles. The van der Waals surface area contributed by atoms with Crippen LogP contribution >= 0.6 is 0 Å². The molecule has 4 aliphatic carbocycles. The predicted octanol–water partition coefficient (Wildman–Crippen LogP) is 9.03. The molecule has 0 saturated heterocycles. The van der Waals surface area contributed by atoms with Crippen molar-refractivity contribution < 1.29 is 33.4 Å². The number of nitrogens with zero attached hydrogens (tertiary/aromatic N) is 1. The van der Waals surface area contributed by atoms with Crippen LogP contribution in [0.4, 0.5) is 4.79 Å². The van der Waals surface area contributed by atoms with Crippen molar-refractivity contribution in [1.82, 2.24) is 10.2 Å². The Kier molecular flexibility index (Phi) is 15.9. The van der Waals surface area contributed by atoms with E-state index in [1.807, 2.05) is 0 Å². The zero-order valence-electron chi connectivity index (χ0n) is 33.8. The fourth-order valence-electron chi connectivity index (χ4n) is 11.0. The van der Waals surface area contributed by atoms with Crippen molar-refractivity contribution in [2.24, 2.45) is 46.3 Å². The molecule has 0 heterocycles. The minimum Gasteiger partial charge on any atom is -0.466 e. The van der Waals surface area contributed by atoms with Crippen molar-refractivity contribution >= 4 is 23.9 Å². The molecule has 0 bridgehead atoms. The van der Waals surface area contributed by atoms with Gasteiger partial charge in [-0.1, -0.05) is 72.0 Å². The molecule has 4 rings (SSSR count). The molecule has 1 N–H and O–H groups in total. The molecule has 296 valence electrons. The average molecular weight is 729 g/mol. The Morgan fingerprint density at radius 1 is 0.865 bits per heavy atom. The van der Waals surface area contributed by atoms with Crippen LogP contribution in [0.5, 0.6) is 0 Å². The third kappa shape index (κ3) is 10.8. The highest BCUT2D eigenvalue weighted by atomic mass is 16.6. The molecule has 0 aromatic carbocycles. The fraction of sp³-hybridized carbons (Fsp3) is 0.860. The second-order valence-electron chi connectivity index (χ2n) is 17.5. The lowest BCUT2D eigenvalue weighted by Crippen LogP contribution is -2.51. The van der Waals surface area contributed by atoms with Crippen molar-refractivity contribution in [2.75, 3.05) is 32.8 Å². The van der Waals surface area contributed by atoms with Crippen LogP contribution in [0.25, 0.3) is 0 Å². The highest BCUT2D eigenvalue weighted by Gasteiger charge is 2.59. The molecule has 52 heavy (non-hydrogen) atoms. The van der Waals surface area contributed by atoms with E-state index in [0.717, 1.165) is 67.6 Å². The molecule has 2 amide bonds. The maximum atomic E-state index is 12.8. The van der Waals surface area contributed by atoms with Gasteiger partial charge in [0.1, 0.15) is 12.6 Å². The molecule has 9 nitrogen and oxygen atoms in total. The summed E-state index contributed by atoms with van der Waals surface area (Å²) in [4.78, 5) is 50.8. The summed E-state index contributed by atoms with van der Waals surface area (Å²) in [6.45, 7) is 16.8. The first kappa shape index (κ1) is 42.2. The maximum Gasteiger partial charge on any atom is 0.407 e. The normalized spacial score (nSPS) is 29.9. The van der Waals surface area contributed by atoms with E-state index >= 15 is 0 Å². The number of fused-ring (bicyclic) bond motifs is 5. The Morgan fingerprint density at radius 2 is 1.62 bits per heavy atom. The zero-order valence-corrected chi connectivity index (χ0v) is 33.8. The molecule has 3 fully saturated rings. The lowest BCUT2D eigenvalue weighted by atomic mass is 9.47. The van der Waals surface area contributed by atoms with Crippen molar-refractivity contribution in [2.45, 2.75) is 157 Å². The fourth-order valence-corrected chi connectivity index (χ4v) is 11.0. The number of amides is 2. The topological polar surface area (TPSA) is 111 Å². The van der Waals surface area contributed by atoms with E-state index in [1.54, 1.807) is 13.8 Å². The summed E-state index contributed by atoms with van der Waals surface area (Å²) in [5, 5.41) is 2.92. The van der Waals surface area contributed by atoms with Gasteiger partial charge in [-0.25, -0.2) is 4.79 Å². The third-order valence-corrected chi connectivity index (χ3v) is 13.7. The quantitative estimate of drug-likeness (QED) is 0.0612. The number of allylic oxidation sites excluding steroid dienone is 1. The standard InChI is InChI=1S/C43H72N2O7/c1-8-50-39(47)23-27-45(29-40(48)51-9-2)38(46)16-11-10-12-26-44-41(49)52-33-21-24-42(6)32(28-33)17-18-34-36-20-19-35(31(5)15-13-14-30(3)4)43(36,7)25-22-37(34)42/h17,30-31,33-37H,8-16,18-29H2,1-7H3,(H,44,49)/t31?,33-,34?,35+,36?,37?,42-,43?/m0/s1. The Balaban J connectivity index is 1.18. The number of ether oxygens (including phenoxy) is 3. The molecule has 0 aliphatic heterocycles. The molecule has 3 saturated carbocycles. The smallest absolute Gasteiger partial charge is 0.407 e. The van der Waals surface area contributed by atoms with Crippen molar-refractivity contribution in [1.29, 1.82) is 0 Å². The number of rotatable bonds is 19. The molecule has 9 heteroatoms. The minimum atomic E-state index is -0.495. The number of alkyl carbamates (subject to hydrolysis) is 1. The van der Waals surface area contributed by atoms with Crippen molar-refractivity contribution in [3.63, 3.8) is 0 Å². The van der Waals surface area contributed by atoms with Crippen LogP contribution in [-0.2, 0) is 28.6 Å².